The van der Waals surface area contributed by atoms with Gasteiger partial charge in [-0.25, -0.2) is 9.07 Å². The monoisotopic (exact) mass is 300 g/mol. The van der Waals surface area contributed by atoms with E-state index in [0.29, 0.717) is 5.69 Å². The standard InChI is InChI=1S/C13H13FN2O3.ClH/c1-2-19-12(17)6-9-8-15-16(13(9)18)11-5-3-4-10(14)7-11;/h3-5,7-8,15H,2,6H2,1H3;1H. The molecule has 5 nitrogen and oxygen atoms in total. The molecule has 0 aliphatic carbocycles. The molecule has 0 fully saturated rings. The van der Waals surface area contributed by atoms with Crippen LogP contribution in [0.2, 0.25) is 0 Å². The maximum atomic E-state index is 13.1. The minimum atomic E-state index is -0.468. The average Bonchev–Trinajstić information content (AvgIpc) is 2.71. The summed E-state index contributed by atoms with van der Waals surface area (Å²) in [5.74, 6) is -0.907. The fourth-order valence-electron chi connectivity index (χ4n) is 1.71. The Morgan fingerprint density at radius 2 is 2.20 bits per heavy atom. The highest BCUT2D eigenvalue weighted by atomic mass is 35.5. The zero-order chi connectivity index (χ0) is 13.8. The molecule has 0 unspecified atom stereocenters. The van der Waals surface area contributed by atoms with Crippen LogP contribution in [-0.2, 0) is 16.0 Å². The number of rotatable bonds is 4. The number of benzene rings is 1. The first kappa shape index (κ1) is 16.0. The van der Waals surface area contributed by atoms with E-state index >= 15 is 0 Å². The van der Waals surface area contributed by atoms with Crippen molar-refractivity contribution in [1.82, 2.24) is 9.78 Å². The van der Waals surface area contributed by atoms with Crippen LogP contribution in [0.3, 0.4) is 0 Å². The normalized spacial score (nSPS) is 9.90. The molecule has 2 aromatic rings. The highest BCUT2D eigenvalue weighted by Gasteiger charge is 2.12. The Morgan fingerprint density at radius 3 is 2.85 bits per heavy atom. The number of esters is 1. The van der Waals surface area contributed by atoms with Crippen molar-refractivity contribution in [2.45, 2.75) is 13.3 Å². The minimum absolute atomic E-state index is 0. The Morgan fingerprint density at radius 1 is 1.45 bits per heavy atom. The van der Waals surface area contributed by atoms with E-state index in [2.05, 4.69) is 5.10 Å². The molecule has 7 heteroatoms. The molecule has 0 amide bonds. The van der Waals surface area contributed by atoms with Crippen LogP contribution in [-0.4, -0.2) is 22.4 Å². The fraction of sp³-hybridized carbons (Fsp3) is 0.231. The summed E-state index contributed by atoms with van der Waals surface area (Å²) in [6.07, 6.45) is 1.32. The van der Waals surface area contributed by atoms with Crippen molar-refractivity contribution >= 4 is 18.4 Å². The quantitative estimate of drug-likeness (QED) is 0.876. The molecule has 2 rings (SSSR count). The lowest BCUT2D eigenvalue weighted by molar-refractivity contribution is -0.142. The lowest BCUT2D eigenvalue weighted by atomic mass is 10.2. The smallest absolute Gasteiger partial charge is 0.310 e. The van der Waals surface area contributed by atoms with Crippen LogP contribution in [0.15, 0.2) is 35.3 Å². The van der Waals surface area contributed by atoms with E-state index in [4.69, 9.17) is 4.74 Å². The number of halogens is 2. The third kappa shape index (κ3) is 3.48. The van der Waals surface area contributed by atoms with Crippen molar-refractivity contribution < 1.29 is 13.9 Å². The summed E-state index contributed by atoms with van der Waals surface area (Å²) in [6.45, 7) is 1.96. The van der Waals surface area contributed by atoms with Gasteiger partial charge in [0.2, 0.25) is 0 Å². The van der Waals surface area contributed by atoms with Crippen molar-refractivity contribution in [2.24, 2.45) is 0 Å². The van der Waals surface area contributed by atoms with Gasteiger partial charge in [-0.2, -0.15) is 0 Å². The second-order valence-corrected chi connectivity index (χ2v) is 3.90. The molecule has 108 valence electrons. The second-order valence-electron chi connectivity index (χ2n) is 3.90. The summed E-state index contributed by atoms with van der Waals surface area (Å²) < 4.78 is 19.1. The number of aromatic nitrogens is 2. The zero-order valence-electron chi connectivity index (χ0n) is 10.8. The van der Waals surface area contributed by atoms with Gasteiger partial charge in [0, 0.05) is 11.8 Å². The number of nitrogens with zero attached hydrogens (tertiary/aromatic N) is 1. The summed E-state index contributed by atoms with van der Waals surface area (Å²) in [4.78, 5) is 23.3. The van der Waals surface area contributed by atoms with Crippen molar-refractivity contribution in [3.63, 3.8) is 0 Å². The van der Waals surface area contributed by atoms with Gasteiger partial charge < -0.3 is 4.74 Å². The Hall–Kier alpha value is -2.08. The third-order valence-corrected chi connectivity index (χ3v) is 2.55. The lowest BCUT2D eigenvalue weighted by Crippen LogP contribution is -2.20. The topological polar surface area (TPSA) is 64.1 Å². The van der Waals surface area contributed by atoms with E-state index in [1.54, 1.807) is 13.0 Å². The third-order valence-electron chi connectivity index (χ3n) is 2.55. The van der Waals surface area contributed by atoms with Crippen LogP contribution in [0, 0.1) is 5.82 Å². The number of aromatic amines is 1. The number of carbonyl (C=O) groups is 1. The molecule has 0 atom stereocenters. The first-order chi connectivity index (χ1) is 9.11. The zero-order valence-corrected chi connectivity index (χ0v) is 11.6. The number of carbonyl (C=O) groups excluding carboxylic acids is 1. The lowest BCUT2D eigenvalue weighted by Gasteiger charge is -2.01. The number of hydrogen-bond donors (Lipinski definition) is 1. The molecule has 1 aromatic heterocycles. The molecule has 0 aliphatic heterocycles. The molecule has 1 N–H and O–H groups in total. The molecule has 0 spiro atoms. The summed E-state index contributed by atoms with van der Waals surface area (Å²) in [6, 6.07) is 5.61. The molecule has 1 aromatic carbocycles. The van der Waals surface area contributed by atoms with E-state index in [1.165, 1.54) is 29.1 Å². The molecule has 0 aliphatic rings. The first-order valence-corrected chi connectivity index (χ1v) is 5.82. The summed E-state index contributed by atoms with van der Waals surface area (Å²) in [5, 5.41) is 2.69. The number of ether oxygens (including phenoxy) is 1. The molecule has 0 bridgehead atoms. The Kier molecular flexibility index (Phi) is 5.52. The van der Waals surface area contributed by atoms with Gasteiger partial charge in [-0.05, 0) is 25.1 Å². The predicted octanol–water partition coefficient (Wildman–Crippen LogP) is 1.83. The maximum absolute atomic E-state index is 13.1. The fourth-order valence-corrected chi connectivity index (χ4v) is 1.71. The molecular weight excluding hydrogens is 287 g/mol. The summed E-state index contributed by atoms with van der Waals surface area (Å²) in [5.41, 5.74) is 0.265. The molecule has 0 radical (unpaired) electrons. The SMILES string of the molecule is CCOC(=O)Cc1c[nH]n(-c2cccc(F)c2)c1=O.Cl. The van der Waals surface area contributed by atoms with E-state index in [-0.39, 0.29) is 31.0 Å². The van der Waals surface area contributed by atoms with E-state index in [0.717, 1.165) is 0 Å². The number of H-pyrrole nitrogens is 1. The summed E-state index contributed by atoms with van der Waals surface area (Å²) >= 11 is 0. The van der Waals surface area contributed by atoms with Gasteiger partial charge in [0.05, 0.1) is 18.7 Å². The number of nitrogens with one attached hydrogen (secondary N) is 1. The highest BCUT2D eigenvalue weighted by molar-refractivity contribution is 5.85. The van der Waals surface area contributed by atoms with Crippen LogP contribution in [0.1, 0.15) is 12.5 Å². The van der Waals surface area contributed by atoms with Crippen LogP contribution in [0.5, 0.6) is 0 Å². The van der Waals surface area contributed by atoms with Crippen molar-refractivity contribution in [3.8, 4) is 5.69 Å². The van der Waals surface area contributed by atoms with Crippen molar-refractivity contribution in [2.75, 3.05) is 6.61 Å². The Balaban J connectivity index is 0.00000200. The van der Waals surface area contributed by atoms with Gasteiger partial charge in [0.1, 0.15) is 5.82 Å². The van der Waals surface area contributed by atoms with Gasteiger partial charge in [-0.3, -0.25) is 14.7 Å². The van der Waals surface area contributed by atoms with Gasteiger partial charge in [0.15, 0.2) is 0 Å². The molecule has 1 heterocycles. The van der Waals surface area contributed by atoms with Gasteiger partial charge in [-0.15, -0.1) is 12.4 Å². The first-order valence-electron chi connectivity index (χ1n) is 5.82. The largest absolute Gasteiger partial charge is 0.466 e. The summed E-state index contributed by atoms with van der Waals surface area (Å²) in [7, 11) is 0. The van der Waals surface area contributed by atoms with E-state index in [1.807, 2.05) is 0 Å². The van der Waals surface area contributed by atoms with Crippen LogP contribution in [0.4, 0.5) is 4.39 Å². The van der Waals surface area contributed by atoms with Crippen molar-refractivity contribution in [3.05, 3.63) is 52.2 Å². The highest BCUT2D eigenvalue weighted by Crippen LogP contribution is 2.07. The number of hydrogen-bond acceptors (Lipinski definition) is 3. The van der Waals surface area contributed by atoms with Gasteiger partial charge in [0.25, 0.3) is 5.56 Å². The maximum Gasteiger partial charge on any atom is 0.310 e. The molecular formula is C13H14ClFN2O3. The molecule has 20 heavy (non-hydrogen) atoms. The van der Waals surface area contributed by atoms with E-state index in [9.17, 15) is 14.0 Å². The van der Waals surface area contributed by atoms with Gasteiger partial charge >= 0.3 is 5.97 Å². The van der Waals surface area contributed by atoms with Crippen LogP contribution in [0.25, 0.3) is 5.69 Å². The minimum Gasteiger partial charge on any atom is -0.466 e. The Labute approximate surface area is 120 Å². The van der Waals surface area contributed by atoms with Crippen LogP contribution >= 0.6 is 12.4 Å². The van der Waals surface area contributed by atoms with Crippen molar-refractivity contribution in [1.29, 1.82) is 0 Å². The van der Waals surface area contributed by atoms with Gasteiger partial charge in [-0.1, -0.05) is 6.07 Å². The second kappa shape index (κ2) is 6.91. The van der Waals surface area contributed by atoms with Crippen LogP contribution < -0.4 is 5.56 Å². The predicted molar refractivity (Wildman–Crippen MR) is 73.9 cm³/mol. The molecule has 0 saturated carbocycles. The molecule has 0 saturated heterocycles. The Bertz CT molecular complexity index is 651. The average molecular weight is 301 g/mol. The van der Waals surface area contributed by atoms with E-state index < -0.39 is 17.3 Å².